The number of phenols is 1. The van der Waals surface area contributed by atoms with E-state index in [0.717, 1.165) is 98.0 Å². The van der Waals surface area contributed by atoms with Crippen LogP contribution in [0, 0.1) is 0 Å². The van der Waals surface area contributed by atoms with Crippen molar-refractivity contribution in [2.45, 2.75) is 80.8 Å². The minimum atomic E-state index is -1.46. The molecule has 0 atom stereocenters. The number of amides is 2. The molecule has 0 fully saturated rings. The van der Waals surface area contributed by atoms with Crippen LogP contribution in [0.25, 0.3) is 43.5 Å². The van der Waals surface area contributed by atoms with E-state index in [0.29, 0.717) is 101 Å². The van der Waals surface area contributed by atoms with Gasteiger partial charge in [0, 0.05) is 100 Å². The molecule has 0 aliphatic rings. The van der Waals surface area contributed by atoms with Crippen LogP contribution >= 0.6 is 164 Å². The number of carboxylic acids is 1. The zero-order chi connectivity index (χ0) is 89.6. The molecule has 0 aliphatic carbocycles. The zero-order valence-electron chi connectivity index (χ0n) is 67.6. The van der Waals surface area contributed by atoms with Crippen LogP contribution in [0.2, 0.25) is 25.1 Å². The summed E-state index contributed by atoms with van der Waals surface area (Å²) >= 11 is 45.7. The lowest BCUT2D eigenvalue weighted by molar-refractivity contribution is -0.131. The zero-order valence-corrected chi connectivity index (χ0v) is 80.2. The molecule has 11 aromatic rings. The van der Waals surface area contributed by atoms with Crippen LogP contribution in [0.15, 0.2) is 210 Å². The molecule has 21 nitrogen and oxygen atoms in total. The number of nitrogens with two attached hydrogens (primary N) is 1. The number of alkyl carbamates (subject to hydrolysis) is 1. The van der Waals surface area contributed by atoms with Crippen molar-refractivity contribution in [2.24, 2.45) is 5.73 Å². The standard InChI is InChI=1S/C22H19ClN2O3S.C15H15ClO2S.C14H14ClNO2S.C9H10BrClO.C8H7NO2.C7H14BrNO2.C6H7BO3S.C6H4BrClO.ClH/c1-15(26)19-8-9-20(29-19)17-5-2-6-18(22(17)23)28-13-12-25-21(27)10-7-16-4-3-11-24-14-16;1-3-9-18-12-6-4-5-11(15(12)16)14-8-7-13(19-14)10(2)17;1-9(17)12-5-6-13(19-12)10-3-2-4-11(14(10)15)18-8-7-16;1-2-6-12-8-5-3-4-7(10)9(8)11;10-8(11)4-3-7-2-1-5-9-6-7;1-7(2,3)11-6(10)9-5-4-8;1-4(8)5-2-3-6(11-5)7(9)10;7-4-2-1-3-5(9)6(4)8;/h2-11,14H,12-13H2,1H3,(H,25,27);4-8H,3,9H2,1-2H3;2-6H,7-8,16H2,1H3;3-5H,2,6H2,1H3;1-6H,(H,10,11);4-5H2,1-3H3,(H,9,10);2-3,9-10H,1H3;1-3,9H;1H/b10-7+;;;;4-3+;;;;. The van der Waals surface area contributed by atoms with Crippen molar-refractivity contribution < 1.29 is 77.5 Å². The molecule has 0 radical (unpaired) electrons. The van der Waals surface area contributed by atoms with Crippen LogP contribution in [0.4, 0.5) is 4.79 Å². The van der Waals surface area contributed by atoms with Gasteiger partial charge in [0.15, 0.2) is 23.1 Å². The number of alkyl halides is 1. The number of aromatic hydroxyl groups is 1. The van der Waals surface area contributed by atoms with Crippen LogP contribution in [0.3, 0.4) is 0 Å². The summed E-state index contributed by atoms with van der Waals surface area (Å²) in [5.74, 6) is 1.62. The first-order valence-electron chi connectivity index (χ1n) is 36.8. The molecule has 0 unspecified atom stereocenters. The Morgan fingerprint density at radius 3 is 1.22 bits per heavy atom. The number of carbonyl (C=O) groups is 7. The fourth-order valence-electron chi connectivity index (χ4n) is 8.96. The summed E-state index contributed by atoms with van der Waals surface area (Å²) in [5, 5.41) is 43.3. The monoisotopic (exact) mass is 2050 g/mol. The van der Waals surface area contributed by atoms with E-state index in [9.17, 15) is 33.6 Å². The number of Topliss-reactive ketones (excluding diaryl/α,β-unsaturated/α-hetero) is 4. The van der Waals surface area contributed by atoms with E-state index in [-0.39, 0.29) is 59.9 Å². The Hall–Kier alpha value is -8.31. The van der Waals surface area contributed by atoms with Gasteiger partial charge in [-0.3, -0.25) is 33.9 Å². The summed E-state index contributed by atoms with van der Waals surface area (Å²) in [6, 6.07) is 48.9. The van der Waals surface area contributed by atoms with E-state index in [1.54, 1.807) is 99.3 Å². The highest BCUT2D eigenvalue weighted by molar-refractivity contribution is 9.11. The van der Waals surface area contributed by atoms with Gasteiger partial charge in [-0.2, -0.15) is 0 Å². The number of thiophene rings is 4. The Bertz CT molecular complexity index is 5050. The predicted molar refractivity (Wildman–Crippen MR) is 513 cm³/mol. The first kappa shape index (κ1) is 108. The molecule has 5 aromatic carbocycles. The number of halogens is 9. The lowest BCUT2D eigenvalue weighted by Crippen LogP contribution is -2.33. The average molecular weight is 2050 g/mol. The minimum Gasteiger partial charge on any atom is -0.506 e. The Labute approximate surface area is 782 Å². The van der Waals surface area contributed by atoms with E-state index < -0.39 is 18.7 Å². The molecule has 6 heterocycles. The lowest BCUT2D eigenvalue weighted by Gasteiger charge is -2.19. The number of benzene rings is 5. The number of hydrogen-bond acceptors (Lipinski definition) is 22. The maximum atomic E-state index is 11.9. The second kappa shape index (κ2) is 58.8. The van der Waals surface area contributed by atoms with E-state index >= 15 is 0 Å². The molecule has 6 aromatic heterocycles. The first-order valence-corrected chi connectivity index (χ1v) is 44.6. The third-order valence-electron chi connectivity index (χ3n) is 14.6. The topological polar surface area (TPSA) is 322 Å². The molecule has 2 amide bonds. The van der Waals surface area contributed by atoms with Gasteiger partial charge in [0.1, 0.15) is 47.6 Å². The highest BCUT2D eigenvalue weighted by Gasteiger charge is 2.19. The van der Waals surface area contributed by atoms with Crippen LogP contribution < -0.4 is 40.1 Å². The summed E-state index contributed by atoms with van der Waals surface area (Å²) in [6.45, 7) is 19.1. The summed E-state index contributed by atoms with van der Waals surface area (Å²) in [5.41, 5.74) is 9.23. The fourth-order valence-corrected chi connectivity index (χ4v) is 14.8. The van der Waals surface area contributed by atoms with Crippen LogP contribution in [-0.2, 0) is 14.3 Å². The molecular formula is C87H91BBr3Cl6N5O16S4. The number of rotatable bonds is 27. The third kappa shape index (κ3) is 40.6. The lowest BCUT2D eigenvalue weighted by atomic mass is 9.90. The molecule has 0 spiro atoms. The van der Waals surface area contributed by atoms with Gasteiger partial charge in [0.25, 0.3) is 0 Å². The van der Waals surface area contributed by atoms with Crippen molar-refractivity contribution in [1.29, 1.82) is 0 Å². The average Bonchev–Trinajstić information content (AvgIpc) is 1.60. The number of hydrogen-bond donors (Lipinski definition) is 7. The van der Waals surface area contributed by atoms with Gasteiger partial charge in [-0.15, -0.1) is 57.8 Å². The highest BCUT2D eigenvalue weighted by atomic mass is 79.9. The van der Waals surface area contributed by atoms with Crippen molar-refractivity contribution in [3.8, 4) is 60.1 Å². The number of carbonyl (C=O) groups excluding carboxylic acids is 6. The van der Waals surface area contributed by atoms with Crippen molar-refractivity contribution >= 4 is 229 Å². The summed E-state index contributed by atoms with van der Waals surface area (Å²) in [6.07, 6.45) is 13.9. The molecule has 0 saturated heterocycles. The molecule has 0 saturated carbocycles. The number of nitrogens with zero attached hydrogens (tertiary/aromatic N) is 2. The van der Waals surface area contributed by atoms with Crippen molar-refractivity contribution in [3.05, 3.63) is 265 Å². The quantitative estimate of drug-likeness (QED) is 0.00827. The molecule has 35 heteroatoms. The number of carboxylic acid groups (broad SMARTS) is 1. The van der Waals surface area contributed by atoms with E-state index in [2.05, 4.69) is 82.2 Å². The molecule has 650 valence electrons. The smallest absolute Gasteiger partial charge is 0.499 e. The van der Waals surface area contributed by atoms with Crippen molar-refractivity contribution in [3.63, 3.8) is 0 Å². The second-order valence-corrected chi connectivity index (χ2v) is 34.2. The summed E-state index contributed by atoms with van der Waals surface area (Å²) < 4.78 is 29.2. The molecule has 0 bridgehead atoms. The number of nitrogens with one attached hydrogen (secondary N) is 2. The number of aliphatic carboxylic acids is 1. The number of pyridine rings is 2. The van der Waals surface area contributed by atoms with Gasteiger partial charge in [0.05, 0.1) is 64.4 Å². The maximum absolute atomic E-state index is 11.9. The predicted octanol–water partition coefficient (Wildman–Crippen LogP) is 23.4. The molecule has 0 aliphatic heterocycles. The first-order chi connectivity index (χ1) is 57.6. The summed E-state index contributed by atoms with van der Waals surface area (Å²) in [4.78, 5) is 91.0. The van der Waals surface area contributed by atoms with Crippen LogP contribution in [-0.4, -0.2) is 135 Å². The Morgan fingerprint density at radius 1 is 0.492 bits per heavy atom. The van der Waals surface area contributed by atoms with Gasteiger partial charge in [-0.1, -0.05) is 155 Å². The van der Waals surface area contributed by atoms with Gasteiger partial charge < -0.3 is 60.3 Å². The van der Waals surface area contributed by atoms with Gasteiger partial charge in [0.2, 0.25) is 5.91 Å². The highest BCUT2D eigenvalue weighted by Crippen LogP contribution is 2.42. The third-order valence-corrected chi connectivity index (χ3v) is 23.6. The van der Waals surface area contributed by atoms with Gasteiger partial charge >= 0.3 is 19.2 Å². The molecule has 11 rings (SSSR count). The molecule has 8 N–H and O–H groups in total. The maximum Gasteiger partial charge on any atom is 0.499 e. The Kier molecular flexibility index (Phi) is 51.9. The Balaban J connectivity index is 0.000000372. The number of ether oxygens (including phenoxy) is 5. The number of ketones is 4. The van der Waals surface area contributed by atoms with Crippen LogP contribution in [0.1, 0.15) is 125 Å². The summed E-state index contributed by atoms with van der Waals surface area (Å²) in [7, 11) is -1.46. The van der Waals surface area contributed by atoms with E-state index in [4.69, 9.17) is 108 Å². The van der Waals surface area contributed by atoms with Crippen molar-refractivity contribution in [2.75, 3.05) is 51.4 Å². The SMILES string of the molecule is CC(=O)c1ccc(-c2cccc(OCCN)c2Cl)s1.CC(=O)c1ccc(-c2cccc(OCCNC(=O)/C=C/c3cccnc3)c2Cl)s1.CC(=O)c1ccc(B(O)O)s1.CC(C)(C)OC(=O)NCCBr.CCCOc1cccc(-c2ccc(C(C)=O)s2)c1Cl.CCCOc1cccc(Br)c1Cl.Cl.O=C(O)/C=C/c1cccnc1.Oc1cccc(Br)c1Cl. The van der Waals surface area contributed by atoms with Gasteiger partial charge in [-0.25, -0.2) is 9.59 Å². The van der Waals surface area contributed by atoms with E-state index in [1.165, 1.54) is 72.1 Å². The van der Waals surface area contributed by atoms with Crippen molar-refractivity contribution in [1.82, 2.24) is 20.6 Å². The largest absolute Gasteiger partial charge is 0.506 e. The van der Waals surface area contributed by atoms with E-state index in [1.807, 2.05) is 118 Å². The Morgan fingerprint density at radius 2 is 0.877 bits per heavy atom. The number of aromatic nitrogens is 2. The molecule has 122 heavy (non-hydrogen) atoms. The fraction of sp³-hybridized carbons (Fsp3) is 0.230. The second-order valence-electron chi connectivity index (χ2n) is 25.4. The molecular weight excluding hydrogens is 1960 g/mol. The van der Waals surface area contributed by atoms with Gasteiger partial charge in [-0.05, 0) is 214 Å². The van der Waals surface area contributed by atoms with Crippen LogP contribution in [0.5, 0.6) is 28.7 Å². The minimum absolute atomic E-state index is 0. The number of phenolic OH excluding ortho intramolecular Hbond substituents is 1. The normalized spacial score (nSPS) is 10.3.